The summed E-state index contributed by atoms with van der Waals surface area (Å²) in [7, 11) is 0. The highest BCUT2D eigenvalue weighted by Crippen LogP contribution is 2.15. The zero-order valence-corrected chi connectivity index (χ0v) is 14.8. The SMILES string of the molecule is CC/C=C\C/C=C\C/C=C\CCCCCCC(C(=O)O)C(C)O. The Hall–Kier alpha value is -1.35. The summed E-state index contributed by atoms with van der Waals surface area (Å²) in [5.74, 6) is -1.50. The molecular formula is C20H34O3. The minimum absolute atomic E-state index is 0.570. The van der Waals surface area contributed by atoms with Gasteiger partial charge in [-0.25, -0.2) is 0 Å². The van der Waals surface area contributed by atoms with Gasteiger partial charge in [-0.05, 0) is 45.4 Å². The van der Waals surface area contributed by atoms with E-state index in [1.54, 1.807) is 6.92 Å². The molecule has 0 fully saturated rings. The van der Waals surface area contributed by atoms with Gasteiger partial charge in [0.1, 0.15) is 0 Å². The van der Waals surface area contributed by atoms with E-state index in [2.05, 4.69) is 43.4 Å². The Kier molecular flexibility index (Phi) is 14.6. The highest BCUT2D eigenvalue weighted by atomic mass is 16.4. The summed E-state index contributed by atoms with van der Waals surface area (Å²) < 4.78 is 0. The van der Waals surface area contributed by atoms with Crippen LogP contribution in [-0.2, 0) is 4.79 Å². The van der Waals surface area contributed by atoms with Crippen molar-refractivity contribution in [1.29, 1.82) is 0 Å². The number of aliphatic carboxylic acids is 1. The average Bonchev–Trinajstić information content (AvgIpc) is 2.50. The molecule has 0 rings (SSSR count). The molecule has 23 heavy (non-hydrogen) atoms. The van der Waals surface area contributed by atoms with Gasteiger partial charge in [-0.1, -0.05) is 62.6 Å². The smallest absolute Gasteiger partial charge is 0.309 e. The van der Waals surface area contributed by atoms with Crippen molar-refractivity contribution >= 4 is 5.97 Å². The van der Waals surface area contributed by atoms with Crippen molar-refractivity contribution in [2.24, 2.45) is 5.92 Å². The summed E-state index contributed by atoms with van der Waals surface area (Å²) >= 11 is 0. The second-order valence-corrected chi connectivity index (χ2v) is 5.97. The van der Waals surface area contributed by atoms with E-state index >= 15 is 0 Å². The summed E-state index contributed by atoms with van der Waals surface area (Å²) in [6.45, 7) is 3.69. The predicted octanol–water partition coefficient (Wildman–Crippen LogP) is 5.27. The number of carboxylic acids is 1. The zero-order chi connectivity index (χ0) is 17.3. The first kappa shape index (κ1) is 21.6. The molecule has 0 saturated carbocycles. The van der Waals surface area contributed by atoms with Crippen LogP contribution in [0.4, 0.5) is 0 Å². The van der Waals surface area contributed by atoms with E-state index < -0.39 is 18.0 Å². The van der Waals surface area contributed by atoms with Gasteiger partial charge in [-0.2, -0.15) is 0 Å². The van der Waals surface area contributed by atoms with Crippen LogP contribution in [0.1, 0.15) is 71.6 Å². The highest BCUT2D eigenvalue weighted by Gasteiger charge is 2.21. The Bertz CT molecular complexity index is 367. The third kappa shape index (κ3) is 14.0. The second-order valence-electron chi connectivity index (χ2n) is 5.97. The molecule has 0 amide bonds. The van der Waals surface area contributed by atoms with E-state index in [1.165, 1.54) is 0 Å². The Morgan fingerprint density at radius 1 is 0.913 bits per heavy atom. The summed E-state index contributed by atoms with van der Waals surface area (Å²) in [6, 6.07) is 0. The summed E-state index contributed by atoms with van der Waals surface area (Å²) in [4.78, 5) is 10.9. The maximum atomic E-state index is 10.9. The largest absolute Gasteiger partial charge is 0.481 e. The fourth-order valence-corrected chi connectivity index (χ4v) is 2.38. The van der Waals surface area contributed by atoms with E-state index in [0.717, 1.165) is 51.4 Å². The van der Waals surface area contributed by atoms with Crippen LogP contribution in [0.2, 0.25) is 0 Å². The summed E-state index contributed by atoms with van der Waals surface area (Å²) in [5.41, 5.74) is 0. The predicted molar refractivity (Wildman–Crippen MR) is 97.5 cm³/mol. The van der Waals surface area contributed by atoms with Gasteiger partial charge >= 0.3 is 5.97 Å². The summed E-state index contributed by atoms with van der Waals surface area (Å²) in [5, 5.41) is 18.4. The molecule has 0 saturated heterocycles. The number of hydrogen-bond acceptors (Lipinski definition) is 2. The molecule has 0 heterocycles. The molecule has 0 radical (unpaired) electrons. The van der Waals surface area contributed by atoms with Crippen molar-refractivity contribution in [2.45, 2.75) is 77.7 Å². The van der Waals surface area contributed by atoms with Gasteiger partial charge in [0.15, 0.2) is 0 Å². The van der Waals surface area contributed by atoms with Gasteiger partial charge < -0.3 is 10.2 Å². The molecule has 0 spiro atoms. The van der Waals surface area contributed by atoms with Crippen molar-refractivity contribution in [1.82, 2.24) is 0 Å². The average molecular weight is 322 g/mol. The van der Waals surface area contributed by atoms with Crippen LogP contribution in [0.25, 0.3) is 0 Å². The monoisotopic (exact) mass is 322 g/mol. The van der Waals surface area contributed by atoms with Crippen LogP contribution in [0, 0.1) is 5.92 Å². The van der Waals surface area contributed by atoms with E-state index in [0.29, 0.717) is 6.42 Å². The first-order chi connectivity index (χ1) is 11.1. The molecule has 0 aromatic carbocycles. The van der Waals surface area contributed by atoms with Gasteiger partial charge in [0.25, 0.3) is 0 Å². The van der Waals surface area contributed by atoms with Crippen molar-refractivity contribution in [3.05, 3.63) is 36.5 Å². The van der Waals surface area contributed by atoms with E-state index in [4.69, 9.17) is 5.11 Å². The third-order valence-electron chi connectivity index (χ3n) is 3.82. The van der Waals surface area contributed by atoms with Crippen molar-refractivity contribution in [3.8, 4) is 0 Å². The number of aliphatic hydroxyl groups excluding tert-OH is 1. The molecule has 2 unspecified atom stereocenters. The van der Waals surface area contributed by atoms with Crippen molar-refractivity contribution in [3.63, 3.8) is 0 Å². The molecule has 0 aromatic heterocycles. The maximum absolute atomic E-state index is 10.9. The quantitative estimate of drug-likeness (QED) is 0.338. The van der Waals surface area contributed by atoms with Crippen molar-refractivity contribution in [2.75, 3.05) is 0 Å². The number of aliphatic hydroxyl groups is 1. The minimum atomic E-state index is -0.888. The van der Waals surface area contributed by atoms with Crippen LogP contribution in [0.3, 0.4) is 0 Å². The van der Waals surface area contributed by atoms with Crippen LogP contribution in [0.15, 0.2) is 36.5 Å². The normalized spacial score (nSPS) is 14.9. The third-order valence-corrected chi connectivity index (χ3v) is 3.82. The second kappa shape index (κ2) is 15.5. The van der Waals surface area contributed by atoms with Crippen LogP contribution in [-0.4, -0.2) is 22.3 Å². The zero-order valence-electron chi connectivity index (χ0n) is 14.8. The number of carbonyl (C=O) groups is 1. The Labute approximate surface area is 141 Å². The summed E-state index contributed by atoms with van der Waals surface area (Å²) in [6.07, 6.45) is 21.4. The molecule has 3 heteroatoms. The van der Waals surface area contributed by atoms with Gasteiger partial charge in [0, 0.05) is 0 Å². The van der Waals surface area contributed by atoms with E-state index in [-0.39, 0.29) is 0 Å². The molecular weight excluding hydrogens is 288 g/mol. The van der Waals surface area contributed by atoms with Gasteiger partial charge in [0.2, 0.25) is 0 Å². The topological polar surface area (TPSA) is 57.5 Å². The number of rotatable bonds is 14. The number of unbranched alkanes of at least 4 members (excludes halogenated alkanes) is 4. The highest BCUT2D eigenvalue weighted by molar-refractivity contribution is 5.70. The van der Waals surface area contributed by atoms with Crippen LogP contribution < -0.4 is 0 Å². The molecule has 0 bridgehead atoms. The number of hydrogen-bond donors (Lipinski definition) is 2. The van der Waals surface area contributed by atoms with Gasteiger partial charge in [-0.3, -0.25) is 4.79 Å². The molecule has 3 nitrogen and oxygen atoms in total. The molecule has 0 aromatic rings. The van der Waals surface area contributed by atoms with E-state index in [9.17, 15) is 9.90 Å². The molecule has 0 aliphatic rings. The van der Waals surface area contributed by atoms with Crippen LogP contribution in [0.5, 0.6) is 0 Å². The van der Waals surface area contributed by atoms with E-state index in [1.807, 2.05) is 0 Å². The Balaban J connectivity index is 3.50. The Morgan fingerprint density at radius 3 is 2.04 bits per heavy atom. The Morgan fingerprint density at radius 2 is 1.48 bits per heavy atom. The lowest BCUT2D eigenvalue weighted by Gasteiger charge is -2.14. The van der Waals surface area contributed by atoms with Gasteiger partial charge in [0.05, 0.1) is 12.0 Å². The number of carboxylic acid groups (broad SMARTS) is 1. The molecule has 0 aliphatic heterocycles. The lowest BCUT2D eigenvalue weighted by molar-refractivity contribution is -0.145. The van der Waals surface area contributed by atoms with Crippen molar-refractivity contribution < 1.29 is 15.0 Å². The molecule has 0 aliphatic carbocycles. The first-order valence-corrected chi connectivity index (χ1v) is 8.95. The molecule has 2 atom stereocenters. The maximum Gasteiger partial charge on any atom is 0.309 e. The fourth-order valence-electron chi connectivity index (χ4n) is 2.38. The molecule has 132 valence electrons. The lowest BCUT2D eigenvalue weighted by Crippen LogP contribution is -2.25. The van der Waals surface area contributed by atoms with Crippen LogP contribution >= 0.6 is 0 Å². The lowest BCUT2D eigenvalue weighted by atomic mass is 9.96. The first-order valence-electron chi connectivity index (χ1n) is 8.95. The number of allylic oxidation sites excluding steroid dienone is 6. The standard InChI is InChI=1S/C20H34O3/c1-3-4-5-6-7-8-9-10-11-12-13-14-15-16-17-19(18(2)21)20(22)23/h4-5,7-8,10-11,18-19,21H,3,6,9,12-17H2,1-2H3,(H,22,23)/b5-4-,8-7-,11-10-. The minimum Gasteiger partial charge on any atom is -0.481 e. The fraction of sp³-hybridized carbons (Fsp3) is 0.650. The molecule has 2 N–H and O–H groups in total. The van der Waals surface area contributed by atoms with Gasteiger partial charge in [-0.15, -0.1) is 0 Å².